The van der Waals surface area contributed by atoms with Crippen LogP contribution in [-0.4, -0.2) is 27.3 Å². The lowest BCUT2D eigenvalue weighted by Gasteiger charge is -2.35. The van der Waals surface area contributed by atoms with Crippen LogP contribution >= 0.6 is 0 Å². The molecule has 7 nitrogen and oxygen atoms in total. The molecule has 0 saturated heterocycles. The maximum absolute atomic E-state index is 12.1. The molecule has 0 spiro atoms. The summed E-state index contributed by atoms with van der Waals surface area (Å²) in [5.41, 5.74) is 1.71. The molecule has 0 unspecified atom stereocenters. The molecule has 0 bridgehead atoms. The Balaban J connectivity index is 1.68. The van der Waals surface area contributed by atoms with Crippen LogP contribution in [-0.2, 0) is 7.05 Å². The highest BCUT2D eigenvalue weighted by molar-refractivity contribution is 5.93. The van der Waals surface area contributed by atoms with Crippen LogP contribution in [0.2, 0.25) is 0 Å². The van der Waals surface area contributed by atoms with Gasteiger partial charge in [-0.2, -0.15) is 10.4 Å². The Kier molecular flexibility index (Phi) is 3.98. The molecule has 0 radical (unpaired) electrons. The number of hydrogen-bond acceptors (Lipinski definition) is 4. The lowest BCUT2D eigenvalue weighted by molar-refractivity contribution is 0.203. The van der Waals surface area contributed by atoms with Crippen LogP contribution in [0.3, 0.4) is 0 Å². The quantitative estimate of drug-likeness (QED) is 0.905. The number of nitrogens with zero attached hydrogens (tertiary/aromatic N) is 4. The smallest absolute Gasteiger partial charge is 0.319 e. The molecule has 1 fully saturated rings. The van der Waals surface area contributed by atoms with Gasteiger partial charge in [0.05, 0.1) is 29.1 Å². The number of carbonyl (C=O) groups excluding carboxylic acids is 1. The molecular weight excluding hydrogens is 292 g/mol. The third-order valence-corrected chi connectivity index (χ3v) is 4.17. The van der Waals surface area contributed by atoms with Gasteiger partial charge in [0.2, 0.25) is 0 Å². The molecule has 2 N–H and O–H groups in total. The number of carbonyl (C=O) groups is 1. The number of amides is 2. The van der Waals surface area contributed by atoms with Gasteiger partial charge < -0.3 is 10.6 Å². The summed E-state index contributed by atoms with van der Waals surface area (Å²) in [5, 5.41) is 18.9. The predicted octanol–water partition coefficient (Wildman–Crippen LogP) is 2.30. The number of pyridine rings is 1. The van der Waals surface area contributed by atoms with Crippen molar-refractivity contribution in [1.82, 2.24) is 20.1 Å². The molecule has 2 aromatic heterocycles. The lowest BCUT2D eigenvalue weighted by atomic mass is 9.70. The van der Waals surface area contributed by atoms with Crippen molar-refractivity contribution in [1.29, 1.82) is 5.26 Å². The zero-order valence-electron chi connectivity index (χ0n) is 12.9. The highest BCUT2D eigenvalue weighted by atomic mass is 16.2. The summed E-state index contributed by atoms with van der Waals surface area (Å²) in [6, 6.07) is 5.53. The maximum Gasteiger partial charge on any atom is 0.319 e. The second-order valence-corrected chi connectivity index (χ2v) is 5.86. The fourth-order valence-electron chi connectivity index (χ4n) is 2.63. The highest BCUT2D eigenvalue weighted by Gasteiger charge is 2.37. The number of urea groups is 1. The van der Waals surface area contributed by atoms with E-state index in [-0.39, 0.29) is 6.03 Å². The van der Waals surface area contributed by atoms with Crippen LogP contribution in [0, 0.1) is 16.7 Å². The van der Waals surface area contributed by atoms with Crippen LogP contribution < -0.4 is 10.6 Å². The summed E-state index contributed by atoms with van der Waals surface area (Å²) in [6.07, 6.45) is 7.94. The summed E-state index contributed by atoms with van der Waals surface area (Å²) in [6.45, 7) is 0.373. The van der Waals surface area contributed by atoms with E-state index in [1.165, 1.54) is 0 Å². The standard InChI is InChI=1S/C16H18N6O/c1-22-9-12(8-20-22)14-13(4-2-7-18-14)21-15(23)19-11-16(10-17)5-3-6-16/h2,4,7-9H,3,5-6,11H2,1H3,(H2,19,21,23). The van der Waals surface area contributed by atoms with Crippen molar-refractivity contribution in [3.05, 3.63) is 30.7 Å². The van der Waals surface area contributed by atoms with E-state index in [2.05, 4.69) is 26.8 Å². The first-order valence-corrected chi connectivity index (χ1v) is 7.52. The highest BCUT2D eigenvalue weighted by Crippen LogP contribution is 2.39. The molecule has 1 aliphatic carbocycles. The first-order chi connectivity index (χ1) is 11.1. The van der Waals surface area contributed by atoms with Crippen molar-refractivity contribution in [2.45, 2.75) is 19.3 Å². The minimum absolute atomic E-state index is 0.329. The molecule has 118 valence electrons. The number of aryl methyl sites for hydroxylation is 1. The molecule has 23 heavy (non-hydrogen) atoms. The molecule has 1 aliphatic rings. The van der Waals surface area contributed by atoms with E-state index in [1.807, 2.05) is 13.2 Å². The Morgan fingerprint density at radius 3 is 2.96 bits per heavy atom. The Labute approximate surface area is 134 Å². The summed E-state index contributed by atoms with van der Waals surface area (Å²) in [5.74, 6) is 0. The van der Waals surface area contributed by atoms with Gasteiger partial charge in [0, 0.05) is 31.5 Å². The minimum atomic E-state index is -0.390. The molecule has 0 aliphatic heterocycles. The Bertz CT molecular complexity index is 756. The molecule has 0 aromatic carbocycles. The van der Waals surface area contributed by atoms with Crippen LogP contribution in [0.15, 0.2) is 30.7 Å². The van der Waals surface area contributed by atoms with Gasteiger partial charge in [-0.1, -0.05) is 6.42 Å². The fraction of sp³-hybridized carbons (Fsp3) is 0.375. The predicted molar refractivity (Wildman–Crippen MR) is 85.4 cm³/mol. The normalized spacial score (nSPS) is 15.3. The zero-order chi connectivity index (χ0) is 16.3. The average Bonchev–Trinajstić information content (AvgIpc) is 2.93. The number of nitrogens with one attached hydrogen (secondary N) is 2. The summed E-state index contributed by atoms with van der Waals surface area (Å²) in [7, 11) is 1.83. The minimum Gasteiger partial charge on any atom is -0.336 e. The van der Waals surface area contributed by atoms with Gasteiger partial charge in [-0.3, -0.25) is 9.67 Å². The van der Waals surface area contributed by atoms with E-state index in [9.17, 15) is 10.1 Å². The van der Waals surface area contributed by atoms with Crippen molar-refractivity contribution in [2.75, 3.05) is 11.9 Å². The van der Waals surface area contributed by atoms with E-state index < -0.39 is 5.41 Å². The van der Waals surface area contributed by atoms with Crippen molar-refractivity contribution in [3.63, 3.8) is 0 Å². The van der Waals surface area contributed by atoms with Gasteiger partial charge in [-0.25, -0.2) is 4.79 Å². The van der Waals surface area contributed by atoms with Crippen molar-refractivity contribution >= 4 is 11.7 Å². The van der Waals surface area contributed by atoms with Crippen LogP contribution in [0.5, 0.6) is 0 Å². The Hall–Kier alpha value is -2.88. The van der Waals surface area contributed by atoms with Gasteiger partial charge in [-0.15, -0.1) is 0 Å². The lowest BCUT2D eigenvalue weighted by Crippen LogP contribution is -2.42. The third kappa shape index (κ3) is 3.16. The number of nitriles is 1. The van der Waals surface area contributed by atoms with E-state index in [1.54, 1.807) is 29.2 Å². The molecule has 2 heterocycles. The van der Waals surface area contributed by atoms with Crippen LogP contribution in [0.25, 0.3) is 11.3 Å². The van der Waals surface area contributed by atoms with Crippen molar-refractivity contribution in [3.8, 4) is 17.3 Å². The molecular formula is C16H18N6O. The largest absolute Gasteiger partial charge is 0.336 e. The zero-order valence-corrected chi connectivity index (χ0v) is 12.9. The molecule has 7 heteroatoms. The van der Waals surface area contributed by atoms with Crippen molar-refractivity contribution in [2.24, 2.45) is 12.5 Å². The topological polar surface area (TPSA) is 95.6 Å². The van der Waals surface area contributed by atoms with E-state index in [4.69, 9.17) is 0 Å². The Morgan fingerprint density at radius 1 is 1.52 bits per heavy atom. The first kappa shape index (κ1) is 15.0. The van der Waals surface area contributed by atoms with Gasteiger partial charge in [0.1, 0.15) is 0 Å². The number of hydrogen-bond donors (Lipinski definition) is 2. The molecule has 0 atom stereocenters. The second-order valence-electron chi connectivity index (χ2n) is 5.86. The monoisotopic (exact) mass is 310 g/mol. The van der Waals surface area contributed by atoms with Crippen LogP contribution in [0.1, 0.15) is 19.3 Å². The third-order valence-electron chi connectivity index (χ3n) is 4.17. The summed E-state index contributed by atoms with van der Waals surface area (Å²) >= 11 is 0. The number of anilines is 1. The van der Waals surface area contributed by atoms with Crippen molar-refractivity contribution < 1.29 is 4.79 Å². The number of rotatable bonds is 4. The summed E-state index contributed by atoms with van der Waals surface area (Å²) in [4.78, 5) is 16.4. The molecule has 2 amide bonds. The molecule has 1 saturated carbocycles. The van der Waals surface area contributed by atoms with E-state index in [0.29, 0.717) is 17.9 Å². The van der Waals surface area contributed by atoms with Gasteiger partial charge in [0.15, 0.2) is 0 Å². The van der Waals surface area contributed by atoms with Crippen LogP contribution in [0.4, 0.5) is 10.5 Å². The molecule has 2 aromatic rings. The SMILES string of the molecule is Cn1cc(-c2ncccc2NC(=O)NCC2(C#N)CCC2)cn1. The number of aromatic nitrogens is 3. The molecule has 3 rings (SSSR count). The maximum atomic E-state index is 12.1. The van der Waals surface area contributed by atoms with Gasteiger partial charge in [-0.05, 0) is 25.0 Å². The Morgan fingerprint density at radius 2 is 2.35 bits per heavy atom. The van der Waals surface area contributed by atoms with E-state index >= 15 is 0 Å². The second kappa shape index (κ2) is 6.08. The van der Waals surface area contributed by atoms with E-state index in [0.717, 1.165) is 24.8 Å². The van der Waals surface area contributed by atoms with Gasteiger partial charge >= 0.3 is 6.03 Å². The first-order valence-electron chi connectivity index (χ1n) is 7.52. The average molecular weight is 310 g/mol. The van der Waals surface area contributed by atoms with Gasteiger partial charge in [0.25, 0.3) is 0 Å². The summed E-state index contributed by atoms with van der Waals surface area (Å²) < 4.78 is 1.68. The fourth-order valence-corrected chi connectivity index (χ4v) is 2.63.